The highest BCUT2D eigenvalue weighted by molar-refractivity contribution is 7.99. The second kappa shape index (κ2) is 7.78. The van der Waals surface area contributed by atoms with Gasteiger partial charge in [-0.15, -0.1) is 10.2 Å². The van der Waals surface area contributed by atoms with Crippen LogP contribution in [0.15, 0.2) is 58.3 Å². The van der Waals surface area contributed by atoms with Crippen LogP contribution in [0.3, 0.4) is 0 Å². The minimum atomic E-state index is 0.392. The van der Waals surface area contributed by atoms with Crippen LogP contribution in [-0.2, 0) is 13.2 Å². The third-order valence-corrected chi connectivity index (χ3v) is 5.69. The van der Waals surface area contributed by atoms with Gasteiger partial charge in [-0.1, -0.05) is 42.8 Å². The van der Waals surface area contributed by atoms with Crippen molar-refractivity contribution in [1.29, 1.82) is 0 Å². The predicted molar refractivity (Wildman–Crippen MR) is 96.7 cm³/mol. The zero-order valence-corrected chi connectivity index (χ0v) is 14.8. The van der Waals surface area contributed by atoms with Gasteiger partial charge in [-0.05, 0) is 37.1 Å². The highest BCUT2D eigenvalue weighted by Crippen LogP contribution is 2.34. The van der Waals surface area contributed by atoms with E-state index >= 15 is 0 Å². The molecule has 0 bridgehead atoms. The summed E-state index contributed by atoms with van der Waals surface area (Å²) in [7, 11) is 0. The maximum atomic E-state index is 5.87. The monoisotopic (exact) mass is 355 g/mol. The minimum Gasteiger partial charge on any atom is -0.486 e. The van der Waals surface area contributed by atoms with E-state index in [9.17, 15) is 0 Å². The van der Waals surface area contributed by atoms with Gasteiger partial charge in [0.05, 0.1) is 12.8 Å². The normalized spacial score (nSPS) is 14.9. The Morgan fingerprint density at radius 3 is 2.68 bits per heavy atom. The topological polar surface area (TPSA) is 53.1 Å². The number of nitrogens with zero attached hydrogens (tertiary/aromatic N) is 3. The molecular weight excluding hydrogens is 334 g/mol. The number of hydrogen-bond donors (Lipinski definition) is 0. The Kier molecular flexibility index (Phi) is 5.06. The van der Waals surface area contributed by atoms with Crippen LogP contribution < -0.4 is 4.74 Å². The molecule has 0 unspecified atom stereocenters. The van der Waals surface area contributed by atoms with Crippen molar-refractivity contribution >= 4 is 11.8 Å². The summed E-state index contributed by atoms with van der Waals surface area (Å²) in [6, 6.07) is 13.7. The fourth-order valence-electron chi connectivity index (χ4n) is 3.05. The third-order valence-electron chi connectivity index (χ3n) is 4.37. The second-order valence-electron chi connectivity index (χ2n) is 6.19. The van der Waals surface area contributed by atoms with Crippen molar-refractivity contribution in [3.05, 3.63) is 60.3 Å². The summed E-state index contributed by atoms with van der Waals surface area (Å²) in [5.41, 5.74) is 0. The number of thioether (sulfide) groups is 1. The molecule has 0 radical (unpaired) electrons. The lowest BCUT2D eigenvalue weighted by Gasteiger charge is -2.12. The van der Waals surface area contributed by atoms with Crippen LogP contribution in [-0.4, -0.2) is 20.0 Å². The molecule has 0 atom stereocenters. The van der Waals surface area contributed by atoms with Gasteiger partial charge in [0.15, 0.2) is 11.0 Å². The van der Waals surface area contributed by atoms with Crippen LogP contribution in [0.5, 0.6) is 5.75 Å². The van der Waals surface area contributed by atoms with Gasteiger partial charge in [0, 0.05) is 5.25 Å². The summed E-state index contributed by atoms with van der Waals surface area (Å²) in [5, 5.41) is 10.4. The molecule has 1 aliphatic carbocycles. The molecule has 6 heteroatoms. The molecule has 1 fully saturated rings. The van der Waals surface area contributed by atoms with E-state index in [0.717, 1.165) is 22.5 Å². The van der Waals surface area contributed by atoms with Crippen LogP contribution >= 0.6 is 11.8 Å². The molecule has 5 nitrogen and oxygen atoms in total. The number of furan rings is 1. The molecule has 25 heavy (non-hydrogen) atoms. The van der Waals surface area contributed by atoms with E-state index in [1.54, 1.807) is 6.26 Å². The van der Waals surface area contributed by atoms with E-state index in [4.69, 9.17) is 9.15 Å². The fourth-order valence-corrected chi connectivity index (χ4v) is 4.30. The number of benzene rings is 1. The van der Waals surface area contributed by atoms with Crippen molar-refractivity contribution in [3.63, 3.8) is 0 Å². The predicted octanol–water partition coefficient (Wildman–Crippen LogP) is 4.53. The first kappa shape index (κ1) is 16.3. The molecular formula is C19H21N3O2S. The molecule has 0 spiro atoms. The zero-order valence-electron chi connectivity index (χ0n) is 14.0. The average Bonchev–Trinajstić information content (AvgIpc) is 3.39. The molecule has 0 N–H and O–H groups in total. The molecule has 0 amide bonds. The number of ether oxygens (including phenoxy) is 1. The van der Waals surface area contributed by atoms with Crippen molar-refractivity contribution < 1.29 is 9.15 Å². The van der Waals surface area contributed by atoms with Crippen molar-refractivity contribution in [2.75, 3.05) is 0 Å². The van der Waals surface area contributed by atoms with E-state index in [1.807, 2.05) is 54.2 Å². The highest BCUT2D eigenvalue weighted by atomic mass is 32.2. The van der Waals surface area contributed by atoms with Crippen LogP contribution in [0.25, 0.3) is 0 Å². The first-order chi connectivity index (χ1) is 12.4. The van der Waals surface area contributed by atoms with Crippen molar-refractivity contribution in [2.24, 2.45) is 0 Å². The standard InChI is InChI=1S/C19H21N3O2S/c1-2-7-15(8-3-1)24-14-18-20-21-19(25-17-10-4-5-11-17)22(18)13-16-9-6-12-23-16/h1-3,6-9,12,17H,4-5,10-11,13-14H2. The molecule has 130 valence electrons. The summed E-state index contributed by atoms with van der Waals surface area (Å²) in [6.45, 7) is 1.02. The Hall–Kier alpha value is -2.21. The van der Waals surface area contributed by atoms with Crippen LogP contribution in [0, 0.1) is 0 Å². The van der Waals surface area contributed by atoms with Crippen molar-refractivity contribution in [1.82, 2.24) is 14.8 Å². The Morgan fingerprint density at radius 1 is 1.08 bits per heavy atom. The molecule has 1 aliphatic rings. The van der Waals surface area contributed by atoms with Gasteiger partial charge in [-0.3, -0.25) is 4.57 Å². The molecule has 2 heterocycles. The molecule has 2 aromatic heterocycles. The lowest BCUT2D eigenvalue weighted by Crippen LogP contribution is -2.10. The van der Waals surface area contributed by atoms with Crippen LogP contribution in [0.1, 0.15) is 37.3 Å². The minimum absolute atomic E-state index is 0.392. The number of para-hydroxylation sites is 1. The van der Waals surface area contributed by atoms with Gasteiger partial charge in [0.25, 0.3) is 0 Å². The largest absolute Gasteiger partial charge is 0.486 e. The van der Waals surface area contributed by atoms with E-state index in [-0.39, 0.29) is 0 Å². The van der Waals surface area contributed by atoms with Gasteiger partial charge < -0.3 is 9.15 Å². The Morgan fingerprint density at radius 2 is 1.92 bits per heavy atom. The van der Waals surface area contributed by atoms with Crippen LogP contribution in [0.4, 0.5) is 0 Å². The summed E-state index contributed by atoms with van der Waals surface area (Å²) < 4.78 is 13.5. The van der Waals surface area contributed by atoms with Gasteiger partial charge in [-0.2, -0.15) is 0 Å². The zero-order chi connectivity index (χ0) is 16.9. The first-order valence-electron chi connectivity index (χ1n) is 8.67. The SMILES string of the molecule is c1ccc(OCc2nnc(SC3CCCC3)n2Cc2ccco2)cc1. The van der Waals surface area contributed by atoms with Gasteiger partial charge in [-0.25, -0.2) is 0 Å². The van der Waals surface area contributed by atoms with Gasteiger partial charge in [0.1, 0.15) is 18.1 Å². The summed E-state index contributed by atoms with van der Waals surface area (Å²) in [4.78, 5) is 0. The molecule has 1 saturated carbocycles. The van der Waals surface area contributed by atoms with E-state index in [2.05, 4.69) is 14.8 Å². The summed E-state index contributed by atoms with van der Waals surface area (Å²) in [6.07, 6.45) is 6.84. The first-order valence-corrected chi connectivity index (χ1v) is 9.55. The molecule has 0 aliphatic heterocycles. The number of hydrogen-bond acceptors (Lipinski definition) is 5. The van der Waals surface area contributed by atoms with Gasteiger partial charge >= 0.3 is 0 Å². The van der Waals surface area contributed by atoms with Crippen molar-refractivity contribution in [2.45, 2.75) is 49.2 Å². The summed E-state index contributed by atoms with van der Waals surface area (Å²) >= 11 is 1.83. The summed E-state index contributed by atoms with van der Waals surface area (Å²) in [5.74, 6) is 2.55. The maximum Gasteiger partial charge on any atom is 0.192 e. The third kappa shape index (κ3) is 4.07. The van der Waals surface area contributed by atoms with E-state index in [0.29, 0.717) is 18.4 Å². The number of aromatic nitrogens is 3. The molecule has 3 aromatic rings. The van der Waals surface area contributed by atoms with E-state index < -0.39 is 0 Å². The Labute approximate surface area is 151 Å². The molecule has 1 aromatic carbocycles. The quantitative estimate of drug-likeness (QED) is 0.623. The second-order valence-corrected chi connectivity index (χ2v) is 7.46. The lowest BCUT2D eigenvalue weighted by molar-refractivity contribution is 0.287. The highest BCUT2D eigenvalue weighted by Gasteiger charge is 2.21. The van der Waals surface area contributed by atoms with Gasteiger partial charge in [0.2, 0.25) is 0 Å². The Bertz CT molecular complexity index is 780. The fraction of sp³-hybridized carbons (Fsp3) is 0.368. The average molecular weight is 355 g/mol. The molecule has 0 saturated heterocycles. The lowest BCUT2D eigenvalue weighted by atomic mass is 10.3. The van der Waals surface area contributed by atoms with Crippen LogP contribution in [0.2, 0.25) is 0 Å². The maximum absolute atomic E-state index is 5.87. The smallest absolute Gasteiger partial charge is 0.192 e. The van der Waals surface area contributed by atoms with E-state index in [1.165, 1.54) is 25.7 Å². The Balaban J connectivity index is 1.53. The van der Waals surface area contributed by atoms with Crippen molar-refractivity contribution in [3.8, 4) is 5.75 Å². The molecule has 4 rings (SSSR count). The number of rotatable bonds is 7.